The molecule has 1 saturated heterocycles. The molecule has 2 aliphatic rings. The largest absolute Gasteiger partial charge is 0.454 e. The summed E-state index contributed by atoms with van der Waals surface area (Å²) in [6, 6.07) is 5.44. The van der Waals surface area contributed by atoms with Crippen molar-refractivity contribution in [1.82, 2.24) is 19.8 Å². The van der Waals surface area contributed by atoms with Crippen LogP contribution in [0.2, 0.25) is 0 Å². The Kier molecular flexibility index (Phi) is 5.32. The highest BCUT2D eigenvalue weighted by molar-refractivity contribution is 5.94. The van der Waals surface area contributed by atoms with Crippen molar-refractivity contribution < 1.29 is 23.8 Å². The Hall–Kier alpha value is -3.56. The first kappa shape index (κ1) is 18.8. The van der Waals surface area contributed by atoms with Crippen molar-refractivity contribution in [3.05, 3.63) is 36.2 Å². The van der Waals surface area contributed by atoms with E-state index < -0.39 is 0 Å². The number of fused-ring (bicyclic) bond motifs is 1. The highest BCUT2D eigenvalue weighted by Crippen LogP contribution is 2.34. The van der Waals surface area contributed by atoms with Crippen LogP contribution >= 0.6 is 0 Å². The Bertz CT molecular complexity index is 896. The number of aromatic nitrogens is 2. The number of nitrogens with zero attached hydrogens (tertiary/aromatic N) is 4. The number of amides is 2. The van der Waals surface area contributed by atoms with E-state index in [2.05, 4.69) is 15.3 Å². The molecular formula is C19H21N5O5. The molecule has 1 N–H and O–H groups in total. The third kappa shape index (κ3) is 4.15. The molecule has 0 unspecified atom stereocenters. The van der Waals surface area contributed by atoms with Crippen molar-refractivity contribution in [2.24, 2.45) is 0 Å². The average molecular weight is 399 g/mol. The van der Waals surface area contributed by atoms with Crippen LogP contribution in [-0.4, -0.2) is 71.3 Å². The second-order valence-corrected chi connectivity index (χ2v) is 6.47. The third-order valence-electron chi connectivity index (χ3n) is 4.62. The summed E-state index contributed by atoms with van der Waals surface area (Å²) in [4.78, 5) is 36.1. The molecular weight excluding hydrogens is 378 g/mol. The van der Waals surface area contributed by atoms with Gasteiger partial charge in [0.2, 0.25) is 12.7 Å². The van der Waals surface area contributed by atoms with Gasteiger partial charge in [-0.15, -0.1) is 0 Å². The Morgan fingerprint density at radius 1 is 1.07 bits per heavy atom. The van der Waals surface area contributed by atoms with Gasteiger partial charge in [-0.25, -0.2) is 14.8 Å². The fourth-order valence-corrected chi connectivity index (χ4v) is 3.10. The summed E-state index contributed by atoms with van der Waals surface area (Å²) in [7, 11) is 0. The number of hydrogen-bond donors (Lipinski definition) is 1. The van der Waals surface area contributed by atoms with Crippen LogP contribution in [0.25, 0.3) is 0 Å². The van der Waals surface area contributed by atoms with Crippen LogP contribution in [0.3, 0.4) is 0 Å². The zero-order valence-corrected chi connectivity index (χ0v) is 16.0. The van der Waals surface area contributed by atoms with Gasteiger partial charge in [-0.05, 0) is 19.1 Å². The summed E-state index contributed by atoms with van der Waals surface area (Å²) >= 11 is 0. The Morgan fingerprint density at radius 2 is 1.76 bits per heavy atom. The highest BCUT2D eigenvalue weighted by atomic mass is 16.7. The maximum absolute atomic E-state index is 12.7. The number of nitrogens with one attached hydrogen (secondary N) is 1. The second-order valence-electron chi connectivity index (χ2n) is 6.47. The van der Waals surface area contributed by atoms with Crippen molar-refractivity contribution in [2.45, 2.75) is 6.92 Å². The van der Waals surface area contributed by atoms with Crippen molar-refractivity contribution in [2.75, 3.05) is 44.9 Å². The van der Waals surface area contributed by atoms with Gasteiger partial charge in [-0.1, -0.05) is 0 Å². The van der Waals surface area contributed by atoms with E-state index in [4.69, 9.17) is 14.2 Å². The van der Waals surface area contributed by atoms with Crippen LogP contribution in [0.1, 0.15) is 17.3 Å². The molecule has 1 aromatic heterocycles. The topological polar surface area (TPSA) is 106 Å². The summed E-state index contributed by atoms with van der Waals surface area (Å²) in [5, 5.41) is 3.07. The quantitative estimate of drug-likeness (QED) is 0.830. The van der Waals surface area contributed by atoms with Gasteiger partial charge in [0.15, 0.2) is 11.5 Å². The fourth-order valence-electron chi connectivity index (χ4n) is 3.10. The lowest BCUT2D eigenvalue weighted by atomic mass is 10.2. The minimum absolute atomic E-state index is 0.164. The predicted molar refractivity (Wildman–Crippen MR) is 102 cm³/mol. The number of carbonyl (C=O) groups is 2. The van der Waals surface area contributed by atoms with Gasteiger partial charge in [0.05, 0.1) is 12.2 Å². The molecule has 1 fully saturated rings. The van der Waals surface area contributed by atoms with Crippen LogP contribution in [0.4, 0.5) is 16.4 Å². The number of benzene rings is 1. The van der Waals surface area contributed by atoms with Crippen LogP contribution in [0, 0.1) is 0 Å². The molecule has 0 spiro atoms. The average Bonchev–Trinajstić information content (AvgIpc) is 3.22. The smallest absolute Gasteiger partial charge is 0.409 e. The van der Waals surface area contributed by atoms with Crippen LogP contribution < -0.4 is 14.8 Å². The number of rotatable bonds is 4. The lowest BCUT2D eigenvalue weighted by molar-refractivity contribution is 0.0570. The summed E-state index contributed by atoms with van der Waals surface area (Å²) < 4.78 is 15.6. The first-order valence-corrected chi connectivity index (χ1v) is 9.33. The SMILES string of the molecule is CCOC(=O)N1CCN(C(=O)c2cnc(Nc3ccc4c(c3)OCO4)nc2)CC1. The zero-order valence-electron chi connectivity index (χ0n) is 16.0. The van der Waals surface area contributed by atoms with Gasteiger partial charge in [-0.2, -0.15) is 0 Å². The van der Waals surface area contributed by atoms with Crippen LogP contribution in [-0.2, 0) is 4.74 Å². The number of anilines is 2. The lowest BCUT2D eigenvalue weighted by Gasteiger charge is -2.33. The summed E-state index contributed by atoms with van der Waals surface area (Å²) in [6.45, 7) is 4.07. The first-order chi connectivity index (χ1) is 14.1. The molecule has 29 heavy (non-hydrogen) atoms. The molecule has 152 valence electrons. The predicted octanol–water partition coefficient (Wildman–Crippen LogP) is 1.86. The zero-order chi connectivity index (χ0) is 20.2. The molecule has 0 saturated carbocycles. The van der Waals surface area contributed by atoms with Gasteiger partial charge in [0, 0.05) is 50.3 Å². The maximum atomic E-state index is 12.7. The van der Waals surface area contributed by atoms with Gasteiger partial charge in [0.25, 0.3) is 5.91 Å². The number of piperazine rings is 1. The second kappa shape index (κ2) is 8.21. The Labute approximate surface area is 167 Å². The fraction of sp³-hybridized carbons (Fsp3) is 0.368. The molecule has 0 atom stereocenters. The molecule has 2 aliphatic heterocycles. The lowest BCUT2D eigenvalue weighted by Crippen LogP contribution is -2.50. The summed E-state index contributed by atoms with van der Waals surface area (Å²) in [5.41, 5.74) is 1.15. The standard InChI is InChI=1S/C19H21N5O5/c1-2-27-19(26)24-7-5-23(6-8-24)17(25)13-10-20-18(21-11-13)22-14-3-4-15-16(9-14)29-12-28-15/h3-4,9-11H,2,5-8,12H2,1H3,(H,20,21,22). The highest BCUT2D eigenvalue weighted by Gasteiger charge is 2.25. The van der Waals surface area contributed by atoms with Gasteiger partial charge < -0.3 is 29.3 Å². The van der Waals surface area contributed by atoms with Crippen molar-refractivity contribution in [3.8, 4) is 11.5 Å². The molecule has 10 heteroatoms. The van der Waals surface area contributed by atoms with Crippen LogP contribution in [0.15, 0.2) is 30.6 Å². The molecule has 1 aromatic carbocycles. The van der Waals surface area contributed by atoms with E-state index in [-0.39, 0.29) is 18.8 Å². The molecule has 0 bridgehead atoms. The van der Waals surface area contributed by atoms with Gasteiger partial charge in [-0.3, -0.25) is 4.79 Å². The van der Waals surface area contributed by atoms with Gasteiger partial charge >= 0.3 is 6.09 Å². The Morgan fingerprint density at radius 3 is 2.48 bits per heavy atom. The molecule has 0 aliphatic carbocycles. The normalized spacial score (nSPS) is 15.2. The first-order valence-electron chi connectivity index (χ1n) is 9.33. The van der Waals surface area contributed by atoms with E-state index in [1.54, 1.807) is 28.9 Å². The monoisotopic (exact) mass is 399 g/mol. The van der Waals surface area contributed by atoms with Crippen molar-refractivity contribution >= 4 is 23.6 Å². The third-order valence-corrected chi connectivity index (χ3v) is 4.62. The van der Waals surface area contributed by atoms with Crippen molar-refractivity contribution in [1.29, 1.82) is 0 Å². The molecule has 0 radical (unpaired) electrons. The van der Waals surface area contributed by atoms with E-state index in [9.17, 15) is 9.59 Å². The molecule has 3 heterocycles. The summed E-state index contributed by atoms with van der Waals surface area (Å²) in [5.74, 6) is 1.56. The minimum Gasteiger partial charge on any atom is -0.454 e. The number of hydrogen-bond acceptors (Lipinski definition) is 8. The molecule has 4 rings (SSSR count). The van der Waals surface area contributed by atoms with E-state index in [0.717, 1.165) is 5.69 Å². The molecule has 2 aromatic rings. The van der Waals surface area contributed by atoms with Crippen molar-refractivity contribution in [3.63, 3.8) is 0 Å². The Balaban J connectivity index is 1.34. The van der Waals surface area contributed by atoms with E-state index in [0.29, 0.717) is 55.8 Å². The maximum Gasteiger partial charge on any atom is 0.409 e. The number of carbonyl (C=O) groups excluding carboxylic acids is 2. The molecule has 10 nitrogen and oxygen atoms in total. The van der Waals surface area contributed by atoms with E-state index in [1.165, 1.54) is 12.4 Å². The molecule has 2 amide bonds. The minimum atomic E-state index is -0.345. The van der Waals surface area contributed by atoms with Gasteiger partial charge in [0.1, 0.15) is 0 Å². The number of ether oxygens (including phenoxy) is 3. The summed E-state index contributed by atoms with van der Waals surface area (Å²) in [6.07, 6.45) is 2.63. The van der Waals surface area contributed by atoms with E-state index in [1.807, 2.05) is 6.07 Å². The van der Waals surface area contributed by atoms with Crippen LogP contribution in [0.5, 0.6) is 11.5 Å². The van der Waals surface area contributed by atoms with E-state index >= 15 is 0 Å².